The molecule has 0 aliphatic carbocycles. The largest absolute Gasteiger partial charge is 0.497 e. The van der Waals surface area contributed by atoms with E-state index in [4.69, 9.17) is 26.8 Å². The second-order valence-corrected chi connectivity index (χ2v) is 5.43. The smallest absolute Gasteiger partial charge is 0.220 e. The average molecular weight is 358 g/mol. The van der Waals surface area contributed by atoms with E-state index in [0.717, 1.165) is 11.3 Å². The molecule has 0 atom stereocenters. The van der Waals surface area contributed by atoms with Crippen LogP contribution in [-0.4, -0.2) is 22.1 Å². The molecule has 0 saturated heterocycles. The maximum Gasteiger partial charge on any atom is 0.220 e. The third-order valence-electron chi connectivity index (χ3n) is 3.35. The van der Waals surface area contributed by atoms with Gasteiger partial charge in [0.15, 0.2) is 11.5 Å². The number of nitrogens with one attached hydrogen (secondary N) is 1. The fraction of sp³-hybridized carbons (Fsp3) is 0.118. The zero-order valence-corrected chi connectivity index (χ0v) is 14.2. The van der Waals surface area contributed by atoms with Crippen LogP contribution in [0.4, 0.5) is 11.8 Å². The predicted octanol–water partition coefficient (Wildman–Crippen LogP) is 3.52. The standard InChI is InChI=1S/C17H16ClN5O2/c1-24-12-4-2-11(3-5-12)8-21-16-15(18)14(6-7-20-16)25-13-9-22-17(19)23-10-13/h2-7,9-10H,8H2,1H3,(H,20,21)(H2,19,22,23). The van der Waals surface area contributed by atoms with Gasteiger partial charge in [0.1, 0.15) is 16.6 Å². The summed E-state index contributed by atoms with van der Waals surface area (Å²) in [5, 5.41) is 3.56. The van der Waals surface area contributed by atoms with E-state index in [2.05, 4.69) is 20.3 Å². The van der Waals surface area contributed by atoms with Gasteiger partial charge in [-0.15, -0.1) is 0 Å². The van der Waals surface area contributed by atoms with Crippen molar-refractivity contribution in [2.75, 3.05) is 18.2 Å². The first-order valence-electron chi connectivity index (χ1n) is 7.42. The number of hydrogen-bond donors (Lipinski definition) is 2. The Morgan fingerprint density at radius 2 is 1.76 bits per heavy atom. The molecule has 7 nitrogen and oxygen atoms in total. The molecule has 0 radical (unpaired) electrons. The summed E-state index contributed by atoms with van der Waals surface area (Å²) in [5.74, 6) is 2.38. The van der Waals surface area contributed by atoms with Crippen LogP contribution in [0.1, 0.15) is 5.56 Å². The summed E-state index contributed by atoms with van der Waals surface area (Å²) in [5.41, 5.74) is 6.52. The normalized spacial score (nSPS) is 10.3. The minimum atomic E-state index is 0.176. The molecule has 0 spiro atoms. The Morgan fingerprint density at radius 3 is 2.44 bits per heavy atom. The number of nitrogens with two attached hydrogens (primary N) is 1. The number of benzene rings is 1. The summed E-state index contributed by atoms with van der Waals surface area (Å²) in [6.07, 6.45) is 4.56. The van der Waals surface area contributed by atoms with E-state index in [1.807, 2.05) is 24.3 Å². The molecule has 0 unspecified atom stereocenters. The molecule has 3 rings (SSSR count). The van der Waals surface area contributed by atoms with Crippen LogP contribution in [0.15, 0.2) is 48.9 Å². The van der Waals surface area contributed by atoms with Gasteiger partial charge in [-0.25, -0.2) is 15.0 Å². The predicted molar refractivity (Wildman–Crippen MR) is 96.1 cm³/mol. The van der Waals surface area contributed by atoms with Crippen molar-refractivity contribution in [1.29, 1.82) is 0 Å². The Kier molecular flexibility index (Phi) is 5.15. The average Bonchev–Trinajstić information content (AvgIpc) is 2.64. The van der Waals surface area contributed by atoms with Gasteiger partial charge in [0, 0.05) is 18.8 Å². The van der Waals surface area contributed by atoms with Gasteiger partial charge in [-0.3, -0.25) is 0 Å². The van der Waals surface area contributed by atoms with Crippen molar-refractivity contribution in [3.8, 4) is 17.2 Å². The number of nitrogen functional groups attached to an aromatic ring is 1. The van der Waals surface area contributed by atoms with E-state index in [9.17, 15) is 0 Å². The lowest BCUT2D eigenvalue weighted by Gasteiger charge is -2.12. The van der Waals surface area contributed by atoms with E-state index in [0.29, 0.717) is 28.9 Å². The molecule has 3 N–H and O–H groups in total. The van der Waals surface area contributed by atoms with Crippen molar-refractivity contribution in [2.24, 2.45) is 0 Å². The third kappa shape index (κ3) is 4.27. The van der Waals surface area contributed by atoms with Crippen LogP contribution in [0, 0.1) is 0 Å². The van der Waals surface area contributed by atoms with Gasteiger partial charge in [0.2, 0.25) is 5.95 Å². The highest BCUT2D eigenvalue weighted by atomic mass is 35.5. The summed E-state index contributed by atoms with van der Waals surface area (Å²) in [6.45, 7) is 0.561. The van der Waals surface area contributed by atoms with E-state index < -0.39 is 0 Å². The SMILES string of the molecule is COc1ccc(CNc2nccc(Oc3cnc(N)nc3)c2Cl)cc1. The lowest BCUT2D eigenvalue weighted by atomic mass is 10.2. The summed E-state index contributed by atoms with van der Waals surface area (Å²) in [4.78, 5) is 12.0. The summed E-state index contributed by atoms with van der Waals surface area (Å²) >= 11 is 6.37. The summed E-state index contributed by atoms with van der Waals surface area (Å²) in [7, 11) is 1.63. The maximum atomic E-state index is 6.37. The molecule has 2 heterocycles. The van der Waals surface area contributed by atoms with Crippen LogP contribution < -0.4 is 20.5 Å². The van der Waals surface area contributed by atoms with Crippen LogP contribution in [-0.2, 0) is 6.54 Å². The number of halogens is 1. The number of hydrogen-bond acceptors (Lipinski definition) is 7. The Balaban J connectivity index is 1.70. The fourth-order valence-electron chi connectivity index (χ4n) is 2.06. The van der Waals surface area contributed by atoms with Crippen molar-refractivity contribution in [3.05, 3.63) is 59.5 Å². The molecular weight excluding hydrogens is 342 g/mol. The highest BCUT2D eigenvalue weighted by Crippen LogP contribution is 2.33. The van der Waals surface area contributed by atoms with Crippen molar-refractivity contribution in [3.63, 3.8) is 0 Å². The maximum absolute atomic E-state index is 6.37. The minimum absolute atomic E-state index is 0.176. The molecule has 3 aromatic rings. The quantitative estimate of drug-likeness (QED) is 0.696. The number of aromatic nitrogens is 3. The first kappa shape index (κ1) is 16.8. The van der Waals surface area contributed by atoms with Gasteiger partial charge in [-0.1, -0.05) is 23.7 Å². The first-order valence-corrected chi connectivity index (χ1v) is 7.80. The Hall–Kier alpha value is -3.06. The molecule has 2 aromatic heterocycles. The first-order chi connectivity index (χ1) is 12.2. The molecule has 0 amide bonds. The van der Waals surface area contributed by atoms with E-state index in [1.165, 1.54) is 12.4 Å². The number of nitrogens with zero attached hydrogens (tertiary/aromatic N) is 3. The minimum Gasteiger partial charge on any atom is -0.497 e. The Morgan fingerprint density at radius 1 is 1.04 bits per heavy atom. The Labute approximate surface area is 149 Å². The number of rotatable bonds is 6. The molecule has 0 saturated carbocycles. The summed E-state index contributed by atoms with van der Waals surface area (Å²) in [6, 6.07) is 9.38. The van der Waals surface area contributed by atoms with Gasteiger partial charge < -0.3 is 20.5 Å². The second-order valence-electron chi connectivity index (χ2n) is 5.05. The molecule has 0 bridgehead atoms. The van der Waals surface area contributed by atoms with Crippen molar-refractivity contribution >= 4 is 23.4 Å². The fourth-order valence-corrected chi connectivity index (χ4v) is 2.28. The molecular formula is C17H16ClN5O2. The molecule has 128 valence electrons. The van der Waals surface area contributed by atoms with Crippen molar-refractivity contribution in [1.82, 2.24) is 15.0 Å². The molecule has 0 aliphatic rings. The van der Waals surface area contributed by atoms with Gasteiger partial charge in [-0.05, 0) is 17.7 Å². The van der Waals surface area contributed by atoms with Gasteiger partial charge in [0.05, 0.1) is 19.5 Å². The topological polar surface area (TPSA) is 95.2 Å². The lowest BCUT2D eigenvalue weighted by Crippen LogP contribution is -2.02. The van der Waals surface area contributed by atoms with Crippen LogP contribution >= 0.6 is 11.6 Å². The van der Waals surface area contributed by atoms with Gasteiger partial charge in [0.25, 0.3) is 0 Å². The molecule has 1 aromatic carbocycles. The Bertz CT molecular complexity index is 841. The van der Waals surface area contributed by atoms with Crippen LogP contribution in [0.2, 0.25) is 5.02 Å². The summed E-state index contributed by atoms with van der Waals surface area (Å²) < 4.78 is 10.8. The highest BCUT2D eigenvalue weighted by molar-refractivity contribution is 6.34. The van der Waals surface area contributed by atoms with Crippen LogP contribution in [0.3, 0.4) is 0 Å². The van der Waals surface area contributed by atoms with Gasteiger partial charge in [-0.2, -0.15) is 0 Å². The number of ether oxygens (including phenoxy) is 2. The van der Waals surface area contributed by atoms with Gasteiger partial charge >= 0.3 is 0 Å². The molecule has 0 fully saturated rings. The highest BCUT2D eigenvalue weighted by Gasteiger charge is 2.10. The van der Waals surface area contributed by atoms with Crippen LogP contribution in [0.25, 0.3) is 0 Å². The number of anilines is 2. The monoisotopic (exact) mass is 357 g/mol. The van der Waals surface area contributed by atoms with E-state index in [-0.39, 0.29) is 5.95 Å². The zero-order chi connectivity index (χ0) is 17.6. The zero-order valence-electron chi connectivity index (χ0n) is 13.4. The third-order valence-corrected chi connectivity index (χ3v) is 3.71. The number of pyridine rings is 1. The van der Waals surface area contributed by atoms with Crippen molar-refractivity contribution < 1.29 is 9.47 Å². The lowest BCUT2D eigenvalue weighted by molar-refractivity contribution is 0.414. The van der Waals surface area contributed by atoms with Crippen molar-refractivity contribution in [2.45, 2.75) is 6.54 Å². The molecule has 8 heteroatoms. The van der Waals surface area contributed by atoms with E-state index in [1.54, 1.807) is 19.4 Å². The molecule has 0 aliphatic heterocycles. The number of methoxy groups -OCH3 is 1. The second kappa shape index (κ2) is 7.67. The van der Waals surface area contributed by atoms with E-state index >= 15 is 0 Å². The molecule has 25 heavy (non-hydrogen) atoms. The van der Waals surface area contributed by atoms with Crippen LogP contribution in [0.5, 0.6) is 17.2 Å².